The van der Waals surface area contributed by atoms with E-state index < -0.39 is 0 Å². The zero-order valence-corrected chi connectivity index (χ0v) is 11.4. The summed E-state index contributed by atoms with van der Waals surface area (Å²) in [4.78, 5) is 15.6. The van der Waals surface area contributed by atoms with E-state index in [1.54, 1.807) is 0 Å². The summed E-state index contributed by atoms with van der Waals surface area (Å²) in [7, 11) is 0. The zero-order valence-electron chi connectivity index (χ0n) is 9.80. The van der Waals surface area contributed by atoms with Gasteiger partial charge in [-0.3, -0.25) is 4.79 Å². The first-order valence-electron chi connectivity index (χ1n) is 6.00. The molecule has 0 amide bonds. The van der Waals surface area contributed by atoms with Gasteiger partial charge in [-0.1, -0.05) is 0 Å². The van der Waals surface area contributed by atoms with Crippen LogP contribution in [0.25, 0.3) is 5.52 Å². The van der Waals surface area contributed by atoms with E-state index in [1.165, 1.54) is 0 Å². The molecule has 1 aliphatic heterocycles. The second-order valence-corrected chi connectivity index (χ2v) is 5.38. The third-order valence-electron chi connectivity index (χ3n) is 3.35. The molecular formula is C13H13BrN2O2. The maximum atomic E-state index is 11.1. The van der Waals surface area contributed by atoms with Crippen molar-refractivity contribution in [2.75, 3.05) is 13.2 Å². The average Bonchev–Trinajstić information content (AvgIpc) is 2.77. The van der Waals surface area contributed by atoms with Crippen LogP contribution in [0.15, 0.2) is 22.8 Å². The lowest BCUT2D eigenvalue weighted by Crippen LogP contribution is -2.16. The Labute approximate surface area is 113 Å². The van der Waals surface area contributed by atoms with Gasteiger partial charge in [0.15, 0.2) is 6.29 Å². The Bertz CT molecular complexity index is 588. The van der Waals surface area contributed by atoms with Gasteiger partial charge in [0.1, 0.15) is 11.5 Å². The number of rotatable bonds is 2. The summed E-state index contributed by atoms with van der Waals surface area (Å²) in [5, 5.41) is 0. The summed E-state index contributed by atoms with van der Waals surface area (Å²) in [6.07, 6.45) is 4.72. The Kier molecular flexibility index (Phi) is 3.18. The predicted octanol–water partition coefficient (Wildman–Crippen LogP) is 2.80. The first-order valence-corrected chi connectivity index (χ1v) is 6.79. The van der Waals surface area contributed by atoms with Crippen LogP contribution in [0.4, 0.5) is 0 Å². The van der Waals surface area contributed by atoms with Crippen LogP contribution in [0.2, 0.25) is 0 Å². The van der Waals surface area contributed by atoms with Gasteiger partial charge in [-0.2, -0.15) is 0 Å². The summed E-state index contributed by atoms with van der Waals surface area (Å²) in [5.41, 5.74) is 1.39. The van der Waals surface area contributed by atoms with E-state index in [2.05, 4.69) is 20.9 Å². The van der Waals surface area contributed by atoms with Crippen LogP contribution >= 0.6 is 15.9 Å². The van der Waals surface area contributed by atoms with Crippen LogP contribution in [0.3, 0.4) is 0 Å². The molecule has 1 fully saturated rings. The third kappa shape index (κ3) is 1.97. The minimum Gasteiger partial charge on any atom is -0.381 e. The normalized spacial score (nSPS) is 17.2. The van der Waals surface area contributed by atoms with E-state index in [1.807, 2.05) is 22.7 Å². The van der Waals surface area contributed by atoms with Crippen LogP contribution in [0.5, 0.6) is 0 Å². The molecule has 0 N–H and O–H groups in total. The van der Waals surface area contributed by atoms with E-state index in [0.717, 1.165) is 48.2 Å². The number of hydrogen-bond donors (Lipinski definition) is 0. The molecule has 0 aliphatic carbocycles. The molecule has 18 heavy (non-hydrogen) atoms. The van der Waals surface area contributed by atoms with Crippen molar-refractivity contribution in [3.05, 3.63) is 34.3 Å². The van der Waals surface area contributed by atoms with Gasteiger partial charge in [0, 0.05) is 29.8 Å². The molecule has 0 bridgehead atoms. The van der Waals surface area contributed by atoms with Gasteiger partial charge in [0.2, 0.25) is 0 Å². The number of ether oxygens (including phenoxy) is 1. The Morgan fingerprint density at radius 3 is 2.89 bits per heavy atom. The number of pyridine rings is 1. The molecule has 2 aromatic rings. The highest BCUT2D eigenvalue weighted by Crippen LogP contribution is 2.28. The SMILES string of the molecule is O=Cc1nc(C2CCOCC2)n2cc(Br)ccc12. The first kappa shape index (κ1) is 11.9. The summed E-state index contributed by atoms with van der Waals surface area (Å²) in [6, 6.07) is 3.85. The lowest BCUT2D eigenvalue weighted by Gasteiger charge is -2.20. The fraction of sp³-hybridized carbons (Fsp3) is 0.385. The van der Waals surface area contributed by atoms with E-state index >= 15 is 0 Å². The number of carbonyl (C=O) groups excluding carboxylic acids is 1. The lowest BCUT2D eigenvalue weighted by molar-refractivity contribution is 0.0834. The van der Waals surface area contributed by atoms with Crippen LogP contribution in [0, 0.1) is 0 Å². The second kappa shape index (κ2) is 4.82. The molecule has 0 spiro atoms. The number of aldehydes is 1. The molecule has 0 unspecified atom stereocenters. The summed E-state index contributed by atoms with van der Waals surface area (Å²) < 4.78 is 8.38. The Balaban J connectivity index is 2.15. The number of hydrogen-bond acceptors (Lipinski definition) is 3. The number of imidazole rings is 1. The Morgan fingerprint density at radius 1 is 1.39 bits per heavy atom. The van der Waals surface area contributed by atoms with E-state index in [-0.39, 0.29) is 0 Å². The lowest BCUT2D eigenvalue weighted by atomic mass is 10.00. The molecule has 0 radical (unpaired) electrons. The molecule has 0 saturated carbocycles. The minimum absolute atomic E-state index is 0.370. The van der Waals surface area contributed by atoms with Crippen molar-refractivity contribution in [2.45, 2.75) is 18.8 Å². The summed E-state index contributed by atoms with van der Waals surface area (Å²) >= 11 is 3.46. The van der Waals surface area contributed by atoms with E-state index in [9.17, 15) is 4.79 Å². The molecular weight excluding hydrogens is 296 g/mol. The van der Waals surface area contributed by atoms with Crippen LogP contribution in [0.1, 0.15) is 35.1 Å². The van der Waals surface area contributed by atoms with Gasteiger partial charge in [0.25, 0.3) is 0 Å². The molecule has 3 heterocycles. The summed E-state index contributed by atoms with van der Waals surface area (Å²) in [5.74, 6) is 1.34. The molecule has 1 saturated heterocycles. The molecule has 2 aromatic heterocycles. The standard InChI is InChI=1S/C13H13BrN2O2/c14-10-1-2-12-11(8-17)15-13(16(12)7-10)9-3-5-18-6-4-9/h1-2,7-9H,3-6H2. The predicted molar refractivity (Wildman–Crippen MR) is 71.1 cm³/mol. The molecule has 0 aromatic carbocycles. The highest BCUT2D eigenvalue weighted by atomic mass is 79.9. The molecule has 1 aliphatic rings. The van der Waals surface area contributed by atoms with E-state index in [4.69, 9.17) is 4.74 Å². The van der Waals surface area contributed by atoms with Crippen molar-refractivity contribution in [3.63, 3.8) is 0 Å². The molecule has 4 nitrogen and oxygen atoms in total. The number of carbonyl (C=O) groups is 1. The monoisotopic (exact) mass is 308 g/mol. The maximum Gasteiger partial charge on any atom is 0.170 e. The van der Waals surface area contributed by atoms with Gasteiger partial charge in [-0.05, 0) is 40.9 Å². The Morgan fingerprint density at radius 2 is 2.17 bits per heavy atom. The first-order chi connectivity index (χ1) is 8.79. The third-order valence-corrected chi connectivity index (χ3v) is 3.82. The van der Waals surface area contributed by atoms with Crippen molar-refractivity contribution < 1.29 is 9.53 Å². The molecule has 94 valence electrons. The fourth-order valence-electron chi connectivity index (χ4n) is 2.44. The minimum atomic E-state index is 0.370. The fourth-order valence-corrected chi connectivity index (χ4v) is 2.78. The van der Waals surface area contributed by atoms with Gasteiger partial charge in [0.05, 0.1) is 5.52 Å². The zero-order chi connectivity index (χ0) is 12.5. The Hall–Kier alpha value is -1.20. The highest BCUT2D eigenvalue weighted by molar-refractivity contribution is 9.10. The molecule has 3 rings (SSSR count). The second-order valence-electron chi connectivity index (χ2n) is 4.46. The largest absolute Gasteiger partial charge is 0.381 e. The summed E-state index contributed by atoms with van der Waals surface area (Å²) in [6.45, 7) is 1.54. The topological polar surface area (TPSA) is 43.6 Å². The van der Waals surface area contributed by atoms with Crippen molar-refractivity contribution in [2.24, 2.45) is 0 Å². The van der Waals surface area contributed by atoms with Gasteiger partial charge in [-0.25, -0.2) is 4.98 Å². The van der Waals surface area contributed by atoms with Crippen LogP contribution in [-0.2, 0) is 4.74 Å². The number of aromatic nitrogens is 2. The number of fused-ring (bicyclic) bond motifs is 1. The molecule has 5 heteroatoms. The van der Waals surface area contributed by atoms with E-state index in [0.29, 0.717) is 11.6 Å². The number of nitrogens with zero attached hydrogens (tertiary/aromatic N) is 2. The smallest absolute Gasteiger partial charge is 0.170 e. The van der Waals surface area contributed by atoms with Crippen LogP contribution < -0.4 is 0 Å². The van der Waals surface area contributed by atoms with Crippen molar-refractivity contribution in [1.82, 2.24) is 9.38 Å². The van der Waals surface area contributed by atoms with Crippen molar-refractivity contribution >= 4 is 27.7 Å². The average molecular weight is 309 g/mol. The molecule has 0 atom stereocenters. The highest BCUT2D eigenvalue weighted by Gasteiger charge is 2.22. The van der Waals surface area contributed by atoms with Gasteiger partial charge < -0.3 is 9.14 Å². The van der Waals surface area contributed by atoms with Crippen molar-refractivity contribution in [3.8, 4) is 0 Å². The quantitative estimate of drug-likeness (QED) is 0.801. The van der Waals surface area contributed by atoms with Crippen molar-refractivity contribution in [1.29, 1.82) is 0 Å². The maximum absolute atomic E-state index is 11.1. The van der Waals surface area contributed by atoms with Crippen LogP contribution in [-0.4, -0.2) is 28.9 Å². The van der Waals surface area contributed by atoms with Gasteiger partial charge >= 0.3 is 0 Å². The van der Waals surface area contributed by atoms with Gasteiger partial charge in [-0.15, -0.1) is 0 Å². The number of halogens is 1.